The Hall–Kier alpha value is -2.38. The quantitative estimate of drug-likeness (QED) is 0.587. The van der Waals surface area contributed by atoms with Crippen molar-refractivity contribution in [3.05, 3.63) is 65.2 Å². The Kier molecular flexibility index (Phi) is 5.92. The van der Waals surface area contributed by atoms with Crippen LogP contribution in [0.2, 0.25) is 5.02 Å². The summed E-state index contributed by atoms with van der Waals surface area (Å²) in [5.74, 6) is 0.113. The van der Waals surface area contributed by atoms with E-state index in [1.165, 1.54) is 18.2 Å². The standard InChI is InChI=1S/C20H20ClN5OS/c21-16-9-11-17(12-10-16)26-20(22-23-24-26)28-18(15-7-3-1-4-8-15)19(27)25-13-5-2-6-14-25/h1,3-4,7-12,18H,2,5-6,13-14H2/t18-/m0/s1. The summed E-state index contributed by atoms with van der Waals surface area (Å²) in [6.45, 7) is 1.62. The first-order valence-electron chi connectivity index (χ1n) is 9.27. The van der Waals surface area contributed by atoms with Gasteiger partial charge in [-0.1, -0.05) is 53.7 Å². The average Bonchev–Trinajstić information content (AvgIpc) is 3.21. The fraction of sp³-hybridized carbons (Fsp3) is 0.300. The molecule has 0 N–H and O–H groups in total. The number of piperidine rings is 1. The SMILES string of the molecule is O=C([C@@H](Sc1nnnn1-c1ccc(Cl)cc1)c1ccccc1)N1CCCCC1. The lowest BCUT2D eigenvalue weighted by Gasteiger charge is -2.30. The molecule has 6 nitrogen and oxygen atoms in total. The van der Waals surface area contributed by atoms with Gasteiger partial charge in [0.25, 0.3) is 0 Å². The number of benzene rings is 2. The van der Waals surface area contributed by atoms with Gasteiger partial charge in [0, 0.05) is 18.1 Å². The van der Waals surface area contributed by atoms with Crippen LogP contribution in [0.5, 0.6) is 0 Å². The molecule has 0 unspecified atom stereocenters. The molecule has 0 saturated carbocycles. The van der Waals surface area contributed by atoms with E-state index in [2.05, 4.69) is 15.5 Å². The highest BCUT2D eigenvalue weighted by Gasteiger charge is 2.30. The summed E-state index contributed by atoms with van der Waals surface area (Å²) in [5.41, 5.74) is 1.75. The van der Waals surface area contributed by atoms with Crippen LogP contribution >= 0.6 is 23.4 Å². The molecule has 1 atom stereocenters. The van der Waals surface area contributed by atoms with E-state index in [0.717, 1.165) is 37.2 Å². The van der Waals surface area contributed by atoms with Crippen molar-refractivity contribution >= 4 is 29.3 Å². The summed E-state index contributed by atoms with van der Waals surface area (Å²) in [6, 6.07) is 17.1. The number of halogens is 1. The third-order valence-electron chi connectivity index (χ3n) is 4.73. The van der Waals surface area contributed by atoms with Crippen LogP contribution < -0.4 is 0 Å². The lowest BCUT2D eigenvalue weighted by Crippen LogP contribution is -2.38. The van der Waals surface area contributed by atoms with Crippen molar-refractivity contribution in [3.8, 4) is 5.69 Å². The Morgan fingerprint density at radius 1 is 1.00 bits per heavy atom. The smallest absolute Gasteiger partial charge is 0.240 e. The summed E-state index contributed by atoms with van der Waals surface area (Å²) >= 11 is 7.37. The van der Waals surface area contributed by atoms with Gasteiger partial charge in [0.05, 0.1) is 5.69 Å². The van der Waals surface area contributed by atoms with E-state index in [-0.39, 0.29) is 5.91 Å². The second-order valence-corrected chi connectivity index (χ2v) is 8.15. The molecule has 0 aliphatic carbocycles. The first kappa shape index (κ1) is 19.0. The van der Waals surface area contributed by atoms with Gasteiger partial charge in [-0.25, -0.2) is 0 Å². The van der Waals surface area contributed by atoms with Gasteiger partial charge in [-0.15, -0.1) is 5.10 Å². The van der Waals surface area contributed by atoms with Crippen molar-refractivity contribution in [2.24, 2.45) is 0 Å². The molecular weight excluding hydrogens is 394 g/mol. The largest absolute Gasteiger partial charge is 0.341 e. The van der Waals surface area contributed by atoms with Crippen LogP contribution in [0, 0.1) is 0 Å². The van der Waals surface area contributed by atoms with Crippen LogP contribution in [0.1, 0.15) is 30.1 Å². The van der Waals surface area contributed by atoms with Gasteiger partial charge in [-0.3, -0.25) is 4.79 Å². The summed E-state index contributed by atoms with van der Waals surface area (Å²) < 4.78 is 1.64. The van der Waals surface area contributed by atoms with E-state index in [9.17, 15) is 4.79 Å². The Morgan fingerprint density at radius 2 is 1.71 bits per heavy atom. The first-order chi connectivity index (χ1) is 13.7. The number of carbonyl (C=O) groups is 1. The fourth-order valence-electron chi connectivity index (χ4n) is 3.27. The minimum absolute atomic E-state index is 0.113. The Balaban J connectivity index is 1.64. The number of hydrogen-bond donors (Lipinski definition) is 0. The third-order valence-corrected chi connectivity index (χ3v) is 6.16. The maximum absolute atomic E-state index is 13.3. The Morgan fingerprint density at radius 3 is 2.43 bits per heavy atom. The Bertz CT molecular complexity index is 925. The lowest BCUT2D eigenvalue weighted by molar-refractivity contribution is -0.131. The van der Waals surface area contributed by atoms with Crippen LogP contribution in [0.25, 0.3) is 5.69 Å². The predicted octanol–water partition coefficient (Wildman–Crippen LogP) is 4.16. The van der Waals surface area contributed by atoms with E-state index < -0.39 is 5.25 Å². The molecule has 1 amide bonds. The van der Waals surface area contributed by atoms with Crippen molar-refractivity contribution in [1.29, 1.82) is 0 Å². The number of tetrazole rings is 1. The van der Waals surface area contributed by atoms with Gasteiger partial charge >= 0.3 is 0 Å². The molecule has 0 bridgehead atoms. The maximum Gasteiger partial charge on any atom is 0.240 e. The number of thioether (sulfide) groups is 1. The molecule has 28 heavy (non-hydrogen) atoms. The molecule has 1 aliphatic rings. The second kappa shape index (κ2) is 8.75. The van der Waals surface area contributed by atoms with Crippen LogP contribution in [-0.2, 0) is 4.79 Å². The molecule has 144 valence electrons. The van der Waals surface area contributed by atoms with E-state index in [4.69, 9.17) is 11.6 Å². The van der Waals surface area contributed by atoms with E-state index >= 15 is 0 Å². The minimum atomic E-state index is -0.392. The van der Waals surface area contributed by atoms with Crippen molar-refractivity contribution in [3.63, 3.8) is 0 Å². The predicted molar refractivity (Wildman–Crippen MR) is 110 cm³/mol. The van der Waals surface area contributed by atoms with E-state index in [0.29, 0.717) is 10.2 Å². The molecule has 2 aromatic carbocycles. The number of aromatic nitrogens is 4. The van der Waals surface area contributed by atoms with Crippen LogP contribution in [-0.4, -0.2) is 44.1 Å². The molecule has 2 heterocycles. The van der Waals surface area contributed by atoms with Crippen molar-refractivity contribution in [2.45, 2.75) is 29.7 Å². The molecule has 8 heteroatoms. The zero-order chi connectivity index (χ0) is 19.3. The number of amides is 1. The normalized spacial score (nSPS) is 15.4. The molecule has 0 spiro atoms. The van der Waals surface area contributed by atoms with Gasteiger partial charge in [0.1, 0.15) is 5.25 Å². The highest BCUT2D eigenvalue weighted by Crippen LogP contribution is 2.36. The highest BCUT2D eigenvalue weighted by molar-refractivity contribution is 8.00. The van der Waals surface area contributed by atoms with Gasteiger partial charge in [-0.05, 0) is 59.5 Å². The van der Waals surface area contributed by atoms with Crippen LogP contribution in [0.15, 0.2) is 59.8 Å². The average molecular weight is 414 g/mol. The molecular formula is C20H20ClN5OS. The van der Waals surface area contributed by atoms with Crippen molar-refractivity contribution in [2.75, 3.05) is 13.1 Å². The van der Waals surface area contributed by atoms with Gasteiger partial charge in [0.15, 0.2) is 0 Å². The molecule has 4 rings (SSSR count). The molecule has 1 aromatic heterocycles. The number of nitrogens with zero attached hydrogens (tertiary/aromatic N) is 5. The number of carbonyl (C=O) groups excluding carboxylic acids is 1. The molecule has 1 fully saturated rings. The zero-order valence-electron chi connectivity index (χ0n) is 15.2. The zero-order valence-corrected chi connectivity index (χ0v) is 16.8. The van der Waals surface area contributed by atoms with Gasteiger partial charge in [-0.2, -0.15) is 4.68 Å². The van der Waals surface area contributed by atoms with Crippen LogP contribution in [0.4, 0.5) is 0 Å². The summed E-state index contributed by atoms with van der Waals surface area (Å²) in [5, 5.41) is 12.9. The monoisotopic (exact) mass is 413 g/mol. The number of likely N-dealkylation sites (tertiary alicyclic amines) is 1. The molecule has 0 radical (unpaired) electrons. The second-order valence-electron chi connectivity index (χ2n) is 6.64. The van der Waals surface area contributed by atoms with Gasteiger partial charge in [0.2, 0.25) is 11.1 Å². The molecule has 1 aliphatic heterocycles. The first-order valence-corrected chi connectivity index (χ1v) is 10.5. The van der Waals surface area contributed by atoms with Gasteiger partial charge < -0.3 is 4.90 Å². The summed E-state index contributed by atoms with van der Waals surface area (Å²) in [6.07, 6.45) is 3.29. The highest BCUT2D eigenvalue weighted by atomic mass is 35.5. The minimum Gasteiger partial charge on any atom is -0.341 e. The van der Waals surface area contributed by atoms with E-state index in [1.54, 1.807) is 16.8 Å². The third kappa shape index (κ3) is 4.20. The van der Waals surface area contributed by atoms with Crippen molar-refractivity contribution in [1.82, 2.24) is 25.1 Å². The molecule has 3 aromatic rings. The number of hydrogen-bond acceptors (Lipinski definition) is 5. The number of rotatable bonds is 5. The Labute approximate surface area is 172 Å². The maximum atomic E-state index is 13.3. The van der Waals surface area contributed by atoms with Crippen molar-refractivity contribution < 1.29 is 4.79 Å². The topological polar surface area (TPSA) is 63.9 Å². The summed E-state index contributed by atoms with van der Waals surface area (Å²) in [7, 11) is 0. The fourth-order valence-corrected chi connectivity index (χ4v) is 4.48. The molecule has 1 saturated heterocycles. The lowest BCUT2D eigenvalue weighted by atomic mass is 10.1. The summed E-state index contributed by atoms with van der Waals surface area (Å²) in [4.78, 5) is 15.3. The van der Waals surface area contributed by atoms with Crippen LogP contribution in [0.3, 0.4) is 0 Å². The van der Waals surface area contributed by atoms with E-state index in [1.807, 2.05) is 47.4 Å².